The van der Waals surface area contributed by atoms with Gasteiger partial charge in [0.2, 0.25) is 5.95 Å². The lowest BCUT2D eigenvalue weighted by Gasteiger charge is -2.24. The molecule has 1 aromatic heterocycles. The molecule has 1 heterocycles. The van der Waals surface area contributed by atoms with E-state index >= 15 is 0 Å². The molecular weight excluding hydrogens is 557 g/mol. The van der Waals surface area contributed by atoms with Crippen molar-refractivity contribution in [2.75, 3.05) is 4.90 Å². The predicted octanol–water partition coefficient (Wildman–Crippen LogP) is 10.0. The third-order valence-electron chi connectivity index (χ3n) is 9.04. The van der Waals surface area contributed by atoms with Gasteiger partial charge < -0.3 is 0 Å². The van der Waals surface area contributed by atoms with Gasteiger partial charge in [0.05, 0.1) is 0 Å². The number of aromatic nitrogens is 2. The molecular formula is C42H26BN3. The highest BCUT2D eigenvalue weighted by Crippen LogP contribution is 2.57. The molecule has 212 valence electrons. The summed E-state index contributed by atoms with van der Waals surface area (Å²) in [6.07, 6.45) is 3.56. The Kier molecular flexibility index (Phi) is 6.07. The third kappa shape index (κ3) is 4.08. The van der Waals surface area contributed by atoms with Gasteiger partial charge in [-0.25, -0.2) is 9.97 Å². The Labute approximate surface area is 268 Å². The van der Waals surface area contributed by atoms with Crippen LogP contribution in [-0.4, -0.2) is 17.8 Å². The molecule has 1 aliphatic rings. The molecule has 7 aromatic carbocycles. The summed E-state index contributed by atoms with van der Waals surface area (Å²) in [7, 11) is 6.16. The molecule has 0 atom stereocenters. The van der Waals surface area contributed by atoms with E-state index in [0.29, 0.717) is 5.95 Å². The monoisotopic (exact) mass is 583 g/mol. The second-order valence-corrected chi connectivity index (χ2v) is 11.6. The first-order chi connectivity index (χ1) is 22.8. The highest BCUT2D eigenvalue weighted by atomic mass is 15.3. The van der Waals surface area contributed by atoms with E-state index < -0.39 is 0 Å². The molecule has 4 heteroatoms. The molecule has 8 aromatic rings. The molecule has 0 spiro atoms. The fraction of sp³-hybridized carbons (Fsp3) is 0. The van der Waals surface area contributed by atoms with E-state index in [9.17, 15) is 0 Å². The summed E-state index contributed by atoms with van der Waals surface area (Å²) in [4.78, 5) is 11.3. The van der Waals surface area contributed by atoms with E-state index in [1.165, 1.54) is 54.9 Å². The molecule has 9 rings (SSSR count). The maximum Gasteiger partial charge on any atom is 0.234 e. The first-order valence-electron chi connectivity index (χ1n) is 15.5. The highest BCUT2D eigenvalue weighted by molar-refractivity contribution is 6.32. The molecule has 0 amide bonds. The van der Waals surface area contributed by atoms with Gasteiger partial charge in [0.25, 0.3) is 0 Å². The summed E-state index contributed by atoms with van der Waals surface area (Å²) in [5, 5.41) is 5.00. The van der Waals surface area contributed by atoms with E-state index in [4.69, 9.17) is 7.85 Å². The lowest BCUT2D eigenvalue weighted by atomic mass is 9.82. The molecule has 46 heavy (non-hydrogen) atoms. The largest absolute Gasteiger partial charge is 0.279 e. The van der Waals surface area contributed by atoms with Crippen LogP contribution in [0.5, 0.6) is 0 Å². The maximum absolute atomic E-state index is 6.16. The predicted molar refractivity (Wildman–Crippen MR) is 192 cm³/mol. The standard InChI is InChI=1S/C42H26BN3/c43-30-21-17-28(18-22-30)38-33-13-4-5-14-34(33)39(41-36-16-7-10-27-9-6-15-35(37(27)36)40(38)41)29-19-23-32(24-20-29)46(31-11-2-1-3-12-31)42-44-25-8-26-45-42/h1-26H. The number of hydrogen-bond acceptors (Lipinski definition) is 3. The summed E-state index contributed by atoms with van der Waals surface area (Å²) >= 11 is 0. The molecule has 0 saturated carbocycles. The van der Waals surface area contributed by atoms with Crippen LogP contribution in [0.4, 0.5) is 17.3 Å². The van der Waals surface area contributed by atoms with Crippen LogP contribution in [0.2, 0.25) is 0 Å². The molecule has 0 saturated heterocycles. The molecule has 0 unspecified atom stereocenters. The minimum absolute atomic E-state index is 0.628. The lowest BCUT2D eigenvalue weighted by molar-refractivity contribution is 1.08. The Balaban J connectivity index is 1.32. The van der Waals surface area contributed by atoms with Crippen LogP contribution in [-0.2, 0) is 0 Å². The number of benzene rings is 7. The maximum atomic E-state index is 6.16. The first kappa shape index (κ1) is 26.4. The van der Waals surface area contributed by atoms with E-state index in [2.05, 4.69) is 124 Å². The van der Waals surface area contributed by atoms with Gasteiger partial charge in [-0.3, -0.25) is 4.90 Å². The molecule has 0 bridgehead atoms. The van der Waals surface area contributed by atoms with Gasteiger partial charge in [-0.1, -0.05) is 121 Å². The van der Waals surface area contributed by atoms with Crippen LogP contribution in [0, 0.1) is 0 Å². The Bertz CT molecular complexity index is 2360. The quantitative estimate of drug-likeness (QED) is 0.189. The summed E-state index contributed by atoms with van der Waals surface area (Å²) in [6, 6.07) is 51.4. The Hall–Kier alpha value is -6.00. The fourth-order valence-electron chi connectivity index (χ4n) is 7.13. The Morgan fingerprint density at radius 2 is 0.957 bits per heavy atom. The zero-order valence-corrected chi connectivity index (χ0v) is 24.9. The van der Waals surface area contributed by atoms with Gasteiger partial charge in [-0.15, -0.1) is 0 Å². The first-order valence-corrected chi connectivity index (χ1v) is 15.5. The van der Waals surface area contributed by atoms with Crippen molar-refractivity contribution in [2.45, 2.75) is 0 Å². The number of anilines is 3. The normalized spacial score (nSPS) is 11.6. The SMILES string of the molecule is [B]c1ccc(-c2c3c(c(-c4ccc(N(c5ccccc5)c5ncccn5)cc4)c4ccccc24)-c2cccc4cccc-3c24)cc1. The van der Waals surface area contributed by atoms with Crippen molar-refractivity contribution in [3.8, 4) is 44.5 Å². The van der Waals surface area contributed by atoms with Gasteiger partial charge in [0.1, 0.15) is 7.85 Å². The minimum Gasteiger partial charge on any atom is -0.279 e. The minimum atomic E-state index is 0.628. The number of nitrogens with zero attached hydrogens (tertiary/aromatic N) is 3. The smallest absolute Gasteiger partial charge is 0.234 e. The van der Waals surface area contributed by atoms with Gasteiger partial charge in [0, 0.05) is 23.8 Å². The molecule has 0 aliphatic heterocycles. The van der Waals surface area contributed by atoms with Crippen molar-refractivity contribution in [1.82, 2.24) is 9.97 Å². The summed E-state index contributed by atoms with van der Waals surface area (Å²) in [6.45, 7) is 0. The van der Waals surface area contributed by atoms with Crippen LogP contribution in [0.25, 0.3) is 66.1 Å². The fourth-order valence-corrected chi connectivity index (χ4v) is 7.13. The lowest BCUT2D eigenvalue weighted by Crippen LogP contribution is -2.12. The average Bonchev–Trinajstić information content (AvgIpc) is 3.44. The van der Waals surface area contributed by atoms with Gasteiger partial charge >= 0.3 is 0 Å². The number of fused-ring (bicyclic) bond motifs is 4. The van der Waals surface area contributed by atoms with Crippen molar-refractivity contribution < 1.29 is 0 Å². The van der Waals surface area contributed by atoms with Crippen LogP contribution in [0.15, 0.2) is 158 Å². The average molecular weight is 584 g/mol. The summed E-state index contributed by atoms with van der Waals surface area (Å²) in [5.41, 5.74) is 12.7. The highest BCUT2D eigenvalue weighted by Gasteiger charge is 2.30. The Morgan fingerprint density at radius 3 is 1.54 bits per heavy atom. The van der Waals surface area contributed by atoms with Crippen molar-refractivity contribution in [2.24, 2.45) is 0 Å². The third-order valence-corrected chi connectivity index (χ3v) is 9.04. The number of hydrogen-bond donors (Lipinski definition) is 0. The van der Waals surface area contributed by atoms with E-state index in [-0.39, 0.29) is 0 Å². The van der Waals surface area contributed by atoms with Crippen molar-refractivity contribution in [3.63, 3.8) is 0 Å². The van der Waals surface area contributed by atoms with Crippen molar-refractivity contribution in [1.29, 1.82) is 0 Å². The molecule has 2 radical (unpaired) electrons. The van der Waals surface area contributed by atoms with E-state index in [1.54, 1.807) is 12.4 Å². The topological polar surface area (TPSA) is 29.0 Å². The zero-order valence-electron chi connectivity index (χ0n) is 24.9. The second kappa shape index (κ2) is 10.6. The van der Waals surface area contributed by atoms with Crippen LogP contribution < -0.4 is 10.4 Å². The molecule has 0 fully saturated rings. The number of para-hydroxylation sites is 1. The second-order valence-electron chi connectivity index (χ2n) is 11.6. The summed E-state index contributed by atoms with van der Waals surface area (Å²) < 4.78 is 0. The van der Waals surface area contributed by atoms with Crippen LogP contribution in [0.3, 0.4) is 0 Å². The molecule has 3 nitrogen and oxygen atoms in total. The molecule has 0 N–H and O–H groups in total. The van der Waals surface area contributed by atoms with E-state index in [1.807, 2.05) is 36.4 Å². The zero-order chi connectivity index (χ0) is 30.6. The van der Waals surface area contributed by atoms with E-state index in [0.717, 1.165) is 28.0 Å². The van der Waals surface area contributed by atoms with Gasteiger partial charge in [-0.2, -0.15) is 0 Å². The summed E-state index contributed by atoms with van der Waals surface area (Å²) in [5.74, 6) is 0.628. The number of rotatable bonds is 5. The van der Waals surface area contributed by atoms with Gasteiger partial charge in [0.15, 0.2) is 0 Å². The van der Waals surface area contributed by atoms with Gasteiger partial charge in [-0.05, 0) is 96.4 Å². The molecule has 1 aliphatic carbocycles. The van der Waals surface area contributed by atoms with Crippen LogP contribution >= 0.6 is 0 Å². The van der Waals surface area contributed by atoms with Crippen LogP contribution in [0.1, 0.15) is 0 Å². The van der Waals surface area contributed by atoms with Crippen molar-refractivity contribution in [3.05, 3.63) is 158 Å². The Morgan fingerprint density at radius 1 is 0.435 bits per heavy atom. The van der Waals surface area contributed by atoms with Crippen molar-refractivity contribution >= 4 is 52.2 Å².